The number of anilines is 2. The fraction of sp³-hybridized carbons (Fsp3) is 0.500. The lowest BCUT2D eigenvalue weighted by molar-refractivity contribution is 0.109. The van der Waals surface area contributed by atoms with Crippen LogP contribution in [0.3, 0.4) is 0 Å². The van der Waals surface area contributed by atoms with Gasteiger partial charge in [-0.3, -0.25) is 0 Å². The summed E-state index contributed by atoms with van der Waals surface area (Å²) in [6.45, 7) is 3.98. The minimum Gasteiger partial charge on any atom is -0.376 e. The van der Waals surface area contributed by atoms with Crippen molar-refractivity contribution in [3.8, 4) is 6.07 Å². The highest BCUT2D eigenvalue weighted by Crippen LogP contribution is 2.28. The third-order valence-electron chi connectivity index (χ3n) is 5.70. The first-order valence-corrected chi connectivity index (χ1v) is 9.65. The summed E-state index contributed by atoms with van der Waals surface area (Å²) in [5.74, 6) is 2.22. The quantitative estimate of drug-likeness (QED) is 0.888. The molecule has 27 heavy (non-hydrogen) atoms. The van der Waals surface area contributed by atoms with Gasteiger partial charge in [-0.2, -0.15) is 10.4 Å². The van der Waals surface area contributed by atoms with E-state index in [0.29, 0.717) is 30.5 Å². The Morgan fingerprint density at radius 1 is 1.15 bits per heavy atom. The molecular formula is C20H22N6O. The molecule has 0 atom stereocenters. The van der Waals surface area contributed by atoms with Gasteiger partial charge in [0.15, 0.2) is 5.82 Å². The number of aryl methyl sites for hydroxylation is 2. The number of hydrogen-bond acceptors (Lipinski definition) is 7. The summed E-state index contributed by atoms with van der Waals surface area (Å²) in [5, 5.41) is 21.6. The third-order valence-corrected chi connectivity index (χ3v) is 5.70. The molecule has 4 heterocycles. The predicted molar refractivity (Wildman–Crippen MR) is 101 cm³/mol. The number of nitriles is 1. The van der Waals surface area contributed by atoms with Crippen molar-refractivity contribution in [2.45, 2.75) is 32.3 Å². The molecule has 7 heteroatoms. The molecule has 1 fully saturated rings. The molecule has 0 unspecified atom stereocenters. The van der Waals surface area contributed by atoms with Crippen LogP contribution >= 0.6 is 0 Å². The van der Waals surface area contributed by atoms with Crippen molar-refractivity contribution >= 4 is 11.6 Å². The zero-order valence-electron chi connectivity index (χ0n) is 15.2. The Labute approximate surface area is 158 Å². The topological polar surface area (TPSA) is 87.0 Å². The molecule has 2 aromatic rings. The molecule has 3 aliphatic rings. The summed E-state index contributed by atoms with van der Waals surface area (Å²) < 4.78 is 5.46. The van der Waals surface area contributed by atoms with Crippen LogP contribution in [0.15, 0.2) is 12.1 Å². The highest BCUT2D eigenvalue weighted by atomic mass is 16.5. The standard InChI is InChI=1S/C20H22N6O/c21-8-15-6-16-12-27-5-4-17(16)23-20(15)22-9-13-10-26(11-13)19-7-14-2-1-3-18(14)24-25-19/h6-7,13H,1-5,9-12H2,(H,22,23). The van der Waals surface area contributed by atoms with Crippen LogP contribution in [-0.2, 0) is 30.6 Å². The summed E-state index contributed by atoms with van der Waals surface area (Å²) in [7, 11) is 0. The van der Waals surface area contributed by atoms with Crippen LogP contribution in [0, 0.1) is 17.2 Å². The predicted octanol–water partition coefficient (Wildman–Crippen LogP) is 1.85. The zero-order valence-corrected chi connectivity index (χ0v) is 15.2. The molecule has 7 nitrogen and oxygen atoms in total. The number of nitrogens with zero attached hydrogens (tertiary/aromatic N) is 5. The largest absolute Gasteiger partial charge is 0.376 e. The number of hydrogen-bond donors (Lipinski definition) is 1. The lowest BCUT2D eigenvalue weighted by Gasteiger charge is -2.40. The fourth-order valence-electron chi connectivity index (χ4n) is 4.10. The number of nitrogens with one attached hydrogen (secondary N) is 1. The molecular weight excluding hydrogens is 340 g/mol. The van der Waals surface area contributed by atoms with Crippen molar-refractivity contribution < 1.29 is 4.74 Å². The maximum Gasteiger partial charge on any atom is 0.151 e. The minimum absolute atomic E-state index is 0.521. The van der Waals surface area contributed by atoms with E-state index < -0.39 is 0 Å². The molecule has 0 saturated carbocycles. The summed E-state index contributed by atoms with van der Waals surface area (Å²) in [4.78, 5) is 6.96. The van der Waals surface area contributed by atoms with Crippen LogP contribution in [-0.4, -0.2) is 41.4 Å². The van der Waals surface area contributed by atoms with E-state index >= 15 is 0 Å². The van der Waals surface area contributed by atoms with Crippen molar-refractivity contribution in [2.24, 2.45) is 5.92 Å². The number of ether oxygens (including phenoxy) is 1. The molecule has 0 bridgehead atoms. The number of fused-ring (bicyclic) bond motifs is 2. The average Bonchev–Trinajstić information content (AvgIpc) is 3.14. The fourth-order valence-corrected chi connectivity index (χ4v) is 4.10. The van der Waals surface area contributed by atoms with Crippen molar-refractivity contribution in [1.82, 2.24) is 15.2 Å². The van der Waals surface area contributed by atoms with Gasteiger partial charge in [-0.05, 0) is 37.0 Å². The van der Waals surface area contributed by atoms with E-state index in [0.717, 1.165) is 56.0 Å². The maximum atomic E-state index is 9.43. The van der Waals surface area contributed by atoms with Gasteiger partial charge in [0.05, 0.1) is 30.2 Å². The van der Waals surface area contributed by atoms with Crippen LogP contribution in [0.25, 0.3) is 0 Å². The molecule has 0 amide bonds. The first-order valence-electron chi connectivity index (χ1n) is 9.65. The van der Waals surface area contributed by atoms with Gasteiger partial charge in [-0.15, -0.1) is 5.10 Å². The Kier molecular flexibility index (Phi) is 4.13. The summed E-state index contributed by atoms with van der Waals surface area (Å²) in [6, 6.07) is 6.38. The zero-order chi connectivity index (χ0) is 18.2. The van der Waals surface area contributed by atoms with Gasteiger partial charge in [0.2, 0.25) is 0 Å². The molecule has 2 aromatic heterocycles. The summed E-state index contributed by atoms with van der Waals surface area (Å²) in [6.07, 6.45) is 4.20. The van der Waals surface area contributed by atoms with Gasteiger partial charge in [0, 0.05) is 37.5 Å². The van der Waals surface area contributed by atoms with E-state index in [1.165, 1.54) is 17.7 Å². The molecule has 0 radical (unpaired) electrons. The minimum atomic E-state index is 0.521. The van der Waals surface area contributed by atoms with Crippen molar-refractivity contribution in [3.63, 3.8) is 0 Å². The Hall–Kier alpha value is -2.72. The normalized spacial score (nSPS) is 18.4. The summed E-state index contributed by atoms with van der Waals surface area (Å²) >= 11 is 0. The lowest BCUT2D eigenvalue weighted by Crippen LogP contribution is -2.50. The first-order chi connectivity index (χ1) is 13.3. The van der Waals surface area contributed by atoms with Crippen LogP contribution in [0.5, 0.6) is 0 Å². The van der Waals surface area contributed by atoms with Crippen molar-refractivity contribution in [3.05, 3.63) is 40.2 Å². The second kappa shape index (κ2) is 6.78. The van der Waals surface area contributed by atoms with Gasteiger partial charge in [0.25, 0.3) is 0 Å². The van der Waals surface area contributed by atoms with Crippen molar-refractivity contribution in [2.75, 3.05) is 36.5 Å². The number of pyridine rings is 1. The SMILES string of the molecule is N#Cc1cc2c(nc1NCC1CN(c3cc4c(nn3)CCC4)C1)CCOC2. The molecule has 0 spiro atoms. The Balaban J connectivity index is 1.21. The van der Waals surface area contributed by atoms with Gasteiger partial charge in [-0.1, -0.05) is 0 Å². The molecule has 138 valence electrons. The maximum absolute atomic E-state index is 9.43. The third kappa shape index (κ3) is 3.10. The van der Waals surface area contributed by atoms with E-state index in [-0.39, 0.29) is 0 Å². The lowest BCUT2D eigenvalue weighted by atomic mass is 9.99. The van der Waals surface area contributed by atoms with Gasteiger partial charge < -0.3 is 15.0 Å². The second-order valence-corrected chi connectivity index (χ2v) is 7.58. The van der Waals surface area contributed by atoms with Gasteiger partial charge in [0.1, 0.15) is 11.9 Å². The molecule has 1 aliphatic carbocycles. The van der Waals surface area contributed by atoms with E-state index in [9.17, 15) is 5.26 Å². The Morgan fingerprint density at radius 2 is 2.07 bits per heavy atom. The van der Waals surface area contributed by atoms with Crippen LogP contribution in [0.4, 0.5) is 11.6 Å². The second-order valence-electron chi connectivity index (χ2n) is 7.58. The molecule has 5 rings (SSSR count). The average molecular weight is 362 g/mol. The van der Waals surface area contributed by atoms with Crippen molar-refractivity contribution in [1.29, 1.82) is 5.26 Å². The van der Waals surface area contributed by atoms with Crippen LogP contribution in [0.2, 0.25) is 0 Å². The molecule has 1 N–H and O–H groups in total. The van der Waals surface area contributed by atoms with E-state index in [1.807, 2.05) is 6.07 Å². The monoisotopic (exact) mass is 362 g/mol. The number of rotatable bonds is 4. The van der Waals surface area contributed by atoms with Gasteiger partial charge in [-0.25, -0.2) is 4.98 Å². The van der Waals surface area contributed by atoms with E-state index in [4.69, 9.17) is 4.74 Å². The smallest absolute Gasteiger partial charge is 0.151 e. The first kappa shape index (κ1) is 16.5. The highest BCUT2D eigenvalue weighted by Gasteiger charge is 2.29. The van der Waals surface area contributed by atoms with Gasteiger partial charge >= 0.3 is 0 Å². The number of aromatic nitrogens is 3. The summed E-state index contributed by atoms with van der Waals surface area (Å²) in [5.41, 5.74) is 5.22. The Bertz CT molecular complexity index is 915. The highest BCUT2D eigenvalue weighted by molar-refractivity contribution is 5.55. The Morgan fingerprint density at radius 3 is 2.96 bits per heavy atom. The van der Waals surface area contributed by atoms with Crippen LogP contribution < -0.4 is 10.2 Å². The van der Waals surface area contributed by atoms with E-state index in [2.05, 4.69) is 37.5 Å². The molecule has 0 aromatic carbocycles. The van der Waals surface area contributed by atoms with E-state index in [1.54, 1.807) is 0 Å². The van der Waals surface area contributed by atoms with Crippen LogP contribution in [0.1, 0.15) is 34.5 Å². The molecule has 2 aliphatic heterocycles. The molecule has 1 saturated heterocycles.